The Balaban J connectivity index is 2.04. The van der Waals surface area contributed by atoms with Gasteiger partial charge in [-0.05, 0) is 48.4 Å². The summed E-state index contributed by atoms with van der Waals surface area (Å²) in [7, 11) is 3.11. The topological polar surface area (TPSA) is 63.2 Å². The molecule has 0 atom stereocenters. The smallest absolute Gasteiger partial charge is 0.338 e. The number of carbonyl (C=O) groups excluding carboxylic acids is 1. The summed E-state index contributed by atoms with van der Waals surface area (Å²) in [6.07, 6.45) is 1.75. The highest BCUT2D eigenvalue weighted by atomic mass is 16.7. The molecule has 0 radical (unpaired) electrons. The summed E-state index contributed by atoms with van der Waals surface area (Å²) in [5, 5.41) is 0. The summed E-state index contributed by atoms with van der Waals surface area (Å²) in [5.41, 5.74) is 1.87. The minimum Gasteiger partial charge on any atom is -0.493 e. The van der Waals surface area contributed by atoms with E-state index >= 15 is 0 Å². The van der Waals surface area contributed by atoms with E-state index in [2.05, 4.69) is 0 Å². The minimum absolute atomic E-state index is 0.197. The molecule has 6 heteroatoms. The molecule has 0 saturated heterocycles. The van der Waals surface area contributed by atoms with Crippen LogP contribution in [0.3, 0.4) is 0 Å². The van der Waals surface area contributed by atoms with Crippen LogP contribution in [0.25, 0.3) is 11.6 Å². The zero-order valence-electron chi connectivity index (χ0n) is 14.9. The highest BCUT2D eigenvalue weighted by molar-refractivity contribution is 6.21. The van der Waals surface area contributed by atoms with Crippen molar-refractivity contribution in [1.29, 1.82) is 0 Å². The summed E-state index contributed by atoms with van der Waals surface area (Å²) < 4.78 is 26.5. The minimum atomic E-state index is -0.419. The molecule has 0 aromatic heterocycles. The maximum Gasteiger partial charge on any atom is 0.338 e. The van der Waals surface area contributed by atoms with Crippen molar-refractivity contribution in [1.82, 2.24) is 0 Å². The monoisotopic (exact) mass is 356 g/mol. The molecule has 136 valence electrons. The highest BCUT2D eigenvalue weighted by Gasteiger charge is 2.18. The molecule has 1 heterocycles. The Kier molecular flexibility index (Phi) is 5.31. The van der Waals surface area contributed by atoms with E-state index in [4.69, 9.17) is 23.7 Å². The van der Waals surface area contributed by atoms with E-state index in [1.807, 2.05) is 18.2 Å². The normalized spacial score (nSPS) is 12.7. The Labute approximate surface area is 151 Å². The van der Waals surface area contributed by atoms with Crippen LogP contribution in [-0.4, -0.2) is 33.6 Å². The second-order valence-corrected chi connectivity index (χ2v) is 5.46. The van der Waals surface area contributed by atoms with Gasteiger partial charge in [0.15, 0.2) is 23.0 Å². The standard InChI is InChI=1S/C20H20O6/c1-4-24-20(21)15(14-6-8-16(22-2)18(11-14)23-3)9-13-5-7-17-19(10-13)26-12-25-17/h5-11H,4,12H2,1-3H3/b15-9+. The predicted octanol–water partition coefficient (Wildman–Crippen LogP) is 3.54. The van der Waals surface area contributed by atoms with Gasteiger partial charge in [0.25, 0.3) is 0 Å². The van der Waals surface area contributed by atoms with E-state index in [0.29, 0.717) is 34.1 Å². The van der Waals surface area contributed by atoms with E-state index in [-0.39, 0.29) is 13.4 Å². The summed E-state index contributed by atoms with van der Waals surface area (Å²) >= 11 is 0. The van der Waals surface area contributed by atoms with E-state index < -0.39 is 5.97 Å². The zero-order chi connectivity index (χ0) is 18.5. The van der Waals surface area contributed by atoms with Crippen molar-refractivity contribution in [3.63, 3.8) is 0 Å². The van der Waals surface area contributed by atoms with Crippen LogP contribution in [0.1, 0.15) is 18.1 Å². The molecule has 0 bridgehead atoms. The Morgan fingerprint density at radius 2 is 1.81 bits per heavy atom. The molecule has 3 rings (SSSR count). The van der Waals surface area contributed by atoms with Gasteiger partial charge >= 0.3 is 5.97 Å². The first-order chi connectivity index (χ1) is 12.7. The van der Waals surface area contributed by atoms with E-state index in [1.54, 1.807) is 45.4 Å². The molecule has 26 heavy (non-hydrogen) atoms. The first kappa shape index (κ1) is 17.7. The summed E-state index contributed by atoms with van der Waals surface area (Å²) in [4.78, 5) is 12.5. The van der Waals surface area contributed by atoms with Gasteiger partial charge in [0.1, 0.15) is 0 Å². The zero-order valence-corrected chi connectivity index (χ0v) is 14.9. The molecule has 0 aliphatic carbocycles. The number of benzene rings is 2. The maximum atomic E-state index is 12.5. The van der Waals surface area contributed by atoms with Gasteiger partial charge in [-0.2, -0.15) is 0 Å². The largest absolute Gasteiger partial charge is 0.493 e. The van der Waals surface area contributed by atoms with Gasteiger partial charge in [-0.1, -0.05) is 12.1 Å². The lowest BCUT2D eigenvalue weighted by Crippen LogP contribution is -2.07. The van der Waals surface area contributed by atoms with Gasteiger partial charge in [0.05, 0.1) is 26.4 Å². The lowest BCUT2D eigenvalue weighted by Gasteiger charge is -2.12. The van der Waals surface area contributed by atoms with Gasteiger partial charge in [-0.25, -0.2) is 4.79 Å². The van der Waals surface area contributed by atoms with Crippen LogP contribution in [0.15, 0.2) is 36.4 Å². The molecule has 6 nitrogen and oxygen atoms in total. The molecule has 0 N–H and O–H groups in total. The van der Waals surface area contributed by atoms with Crippen molar-refractivity contribution >= 4 is 17.6 Å². The van der Waals surface area contributed by atoms with Crippen molar-refractivity contribution in [3.8, 4) is 23.0 Å². The van der Waals surface area contributed by atoms with E-state index in [1.165, 1.54) is 0 Å². The Hall–Kier alpha value is -3.15. The highest BCUT2D eigenvalue weighted by Crippen LogP contribution is 2.35. The second-order valence-electron chi connectivity index (χ2n) is 5.46. The van der Waals surface area contributed by atoms with Crippen LogP contribution in [0.4, 0.5) is 0 Å². The maximum absolute atomic E-state index is 12.5. The second kappa shape index (κ2) is 7.82. The van der Waals surface area contributed by atoms with Gasteiger partial charge < -0.3 is 23.7 Å². The van der Waals surface area contributed by atoms with Crippen LogP contribution in [0.5, 0.6) is 23.0 Å². The van der Waals surface area contributed by atoms with Gasteiger partial charge in [0.2, 0.25) is 6.79 Å². The van der Waals surface area contributed by atoms with Crippen molar-refractivity contribution in [2.24, 2.45) is 0 Å². The molecular weight excluding hydrogens is 336 g/mol. The first-order valence-corrected chi connectivity index (χ1v) is 8.17. The number of ether oxygens (including phenoxy) is 5. The molecule has 1 aliphatic heterocycles. The molecule has 1 aliphatic rings. The van der Waals surface area contributed by atoms with Crippen LogP contribution >= 0.6 is 0 Å². The molecule has 0 unspecified atom stereocenters. The molecule has 0 spiro atoms. The number of hydrogen-bond donors (Lipinski definition) is 0. The molecule has 2 aromatic rings. The number of fused-ring (bicyclic) bond motifs is 1. The molecule has 0 saturated carbocycles. The lowest BCUT2D eigenvalue weighted by molar-refractivity contribution is -0.136. The molecule has 0 fully saturated rings. The average molecular weight is 356 g/mol. The number of methoxy groups -OCH3 is 2. The fourth-order valence-electron chi connectivity index (χ4n) is 2.64. The van der Waals surface area contributed by atoms with Crippen molar-refractivity contribution in [3.05, 3.63) is 47.5 Å². The van der Waals surface area contributed by atoms with Crippen molar-refractivity contribution < 1.29 is 28.5 Å². The quantitative estimate of drug-likeness (QED) is 0.448. The first-order valence-electron chi connectivity index (χ1n) is 8.17. The fraction of sp³-hybridized carbons (Fsp3) is 0.250. The van der Waals surface area contributed by atoms with Gasteiger partial charge in [-0.3, -0.25) is 0 Å². The third kappa shape index (κ3) is 3.59. The van der Waals surface area contributed by atoms with Crippen LogP contribution < -0.4 is 18.9 Å². The fourth-order valence-corrected chi connectivity index (χ4v) is 2.64. The lowest BCUT2D eigenvalue weighted by atomic mass is 10.0. The average Bonchev–Trinajstić information content (AvgIpc) is 3.13. The Bertz CT molecular complexity index is 840. The molecule has 2 aromatic carbocycles. The van der Waals surface area contributed by atoms with E-state index in [0.717, 1.165) is 5.56 Å². The predicted molar refractivity (Wildman–Crippen MR) is 96.6 cm³/mol. The number of hydrogen-bond acceptors (Lipinski definition) is 6. The van der Waals surface area contributed by atoms with E-state index in [9.17, 15) is 4.79 Å². The molecule has 0 amide bonds. The number of rotatable bonds is 6. The number of esters is 1. The van der Waals surface area contributed by atoms with Crippen LogP contribution in [0, 0.1) is 0 Å². The Morgan fingerprint density at radius 3 is 2.54 bits per heavy atom. The summed E-state index contributed by atoms with van der Waals surface area (Å²) in [6.45, 7) is 2.25. The SMILES string of the molecule is CCOC(=O)/C(=C/c1ccc2c(c1)OCO2)c1ccc(OC)c(OC)c1. The third-order valence-electron chi connectivity index (χ3n) is 3.90. The Morgan fingerprint density at radius 1 is 1.04 bits per heavy atom. The van der Waals surface area contributed by atoms with Gasteiger partial charge in [-0.15, -0.1) is 0 Å². The van der Waals surface area contributed by atoms with Crippen LogP contribution in [0.2, 0.25) is 0 Å². The number of carbonyl (C=O) groups is 1. The van der Waals surface area contributed by atoms with Gasteiger partial charge in [0, 0.05) is 0 Å². The molecular formula is C20H20O6. The third-order valence-corrected chi connectivity index (χ3v) is 3.90. The van der Waals surface area contributed by atoms with Crippen LogP contribution in [-0.2, 0) is 9.53 Å². The van der Waals surface area contributed by atoms with Crippen molar-refractivity contribution in [2.75, 3.05) is 27.6 Å². The van der Waals surface area contributed by atoms with Crippen molar-refractivity contribution in [2.45, 2.75) is 6.92 Å². The summed E-state index contributed by atoms with van der Waals surface area (Å²) in [5.74, 6) is 2.03. The summed E-state index contributed by atoms with van der Waals surface area (Å²) in [6, 6.07) is 10.8.